The zero-order chi connectivity index (χ0) is 14.7. The molecule has 0 amide bonds. The monoisotopic (exact) mass is 313 g/mol. The first kappa shape index (κ1) is 14.8. The van der Waals surface area contributed by atoms with E-state index in [1.54, 1.807) is 29.9 Å². The van der Waals surface area contributed by atoms with Crippen LogP contribution in [0.15, 0.2) is 18.3 Å². The summed E-state index contributed by atoms with van der Waals surface area (Å²) in [5.74, 6) is -0.500. The van der Waals surface area contributed by atoms with Gasteiger partial charge in [0.25, 0.3) is 0 Å². The van der Waals surface area contributed by atoms with E-state index in [-0.39, 0.29) is 6.61 Å². The van der Waals surface area contributed by atoms with Crippen molar-refractivity contribution < 1.29 is 9.53 Å². The molecule has 0 fully saturated rings. The summed E-state index contributed by atoms with van der Waals surface area (Å²) in [5.41, 5.74) is 1.61. The van der Waals surface area contributed by atoms with Gasteiger partial charge in [0.1, 0.15) is 22.5 Å². The molecule has 0 aliphatic carbocycles. The number of nitrogens with zero attached hydrogens (tertiary/aromatic N) is 3. The van der Waals surface area contributed by atoms with Crippen LogP contribution in [0.3, 0.4) is 0 Å². The van der Waals surface area contributed by atoms with Crippen LogP contribution in [0.5, 0.6) is 0 Å². The molecule has 2 heterocycles. The first-order valence-corrected chi connectivity index (χ1v) is 6.79. The molecule has 0 spiro atoms. The van der Waals surface area contributed by atoms with Crippen molar-refractivity contribution in [2.75, 3.05) is 0 Å². The third-order valence-electron chi connectivity index (χ3n) is 2.73. The molecule has 0 aliphatic rings. The molecule has 106 valence electrons. The van der Waals surface area contributed by atoms with Gasteiger partial charge in [-0.15, -0.1) is 0 Å². The number of hydrogen-bond acceptors (Lipinski definition) is 4. The van der Waals surface area contributed by atoms with Crippen molar-refractivity contribution in [2.24, 2.45) is 0 Å². The smallest absolute Gasteiger partial charge is 0.343 e. The highest BCUT2D eigenvalue weighted by Crippen LogP contribution is 2.21. The molecule has 5 nitrogen and oxygen atoms in total. The minimum absolute atomic E-state index is 0.105. The van der Waals surface area contributed by atoms with Gasteiger partial charge in [0.2, 0.25) is 0 Å². The van der Waals surface area contributed by atoms with Crippen LogP contribution in [0.4, 0.5) is 0 Å². The van der Waals surface area contributed by atoms with Crippen LogP contribution in [0.1, 0.15) is 28.5 Å². The van der Waals surface area contributed by atoms with Gasteiger partial charge in [0.05, 0.1) is 5.69 Å². The Morgan fingerprint density at radius 2 is 2.20 bits per heavy atom. The Morgan fingerprint density at radius 1 is 1.45 bits per heavy atom. The molecule has 2 aromatic rings. The molecule has 0 aliphatic heterocycles. The Balaban J connectivity index is 2.11. The molecule has 0 N–H and O–H groups in total. The average molecular weight is 314 g/mol. The zero-order valence-corrected chi connectivity index (χ0v) is 12.6. The van der Waals surface area contributed by atoms with E-state index in [4.69, 9.17) is 27.9 Å². The van der Waals surface area contributed by atoms with Crippen LogP contribution in [0.2, 0.25) is 10.3 Å². The summed E-state index contributed by atoms with van der Waals surface area (Å²) >= 11 is 11.9. The first-order valence-electron chi connectivity index (χ1n) is 6.03. The molecule has 20 heavy (non-hydrogen) atoms. The SMILES string of the molecule is CCn1nc(C)c(C(=O)OCc2ccnc(Cl)c2)c1Cl. The van der Waals surface area contributed by atoms with E-state index in [1.807, 2.05) is 6.92 Å². The number of aryl methyl sites for hydroxylation is 2. The topological polar surface area (TPSA) is 57.0 Å². The number of ether oxygens (including phenoxy) is 1. The third kappa shape index (κ3) is 3.11. The largest absolute Gasteiger partial charge is 0.457 e. The summed E-state index contributed by atoms with van der Waals surface area (Å²) in [6.07, 6.45) is 1.55. The van der Waals surface area contributed by atoms with E-state index < -0.39 is 5.97 Å². The van der Waals surface area contributed by atoms with E-state index in [9.17, 15) is 4.79 Å². The second kappa shape index (κ2) is 6.24. The number of esters is 1. The van der Waals surface area contributed by atoms with Gasteiger partial charge in [-0.25, -0.2) is 9.78 Å². The van der Waals surface area contributed by atoms with Crippen molar-refractivity contribution in [2.45, 2.75) is 27.0 Å². The molecule has 0 unspecified atom stereocenters. The van der Waals surface area contributed by atoms with Gasteiger partial charge in [-0.2, -0.15) is 5.10 Å². The summed E-state index contributed by atoms with van der Waals surface area (Å²) in [6, 6.07) is 3.36. The number of aromatic nitrogens is 3. The lowest BCUT2D eigenvalue weighted by molar-refractivity contribution is 0.0472. The fourth-order valence-electron chi connectivity index (χ4n) is 1.75. The number of pyridine rings is 1. The minimum atomic E-state index is -0.500. The Bertz CT molecular complexity index is 641. The Hall–Kier alpha value is -1.59. The van der Waals surface area contributed by atoms with Gasteiger partial charge in [0, 0.05) is 12.7 Å². The molecule has 0 bridgehead atoms. The van der Waals surface area contributed by atoms with Crippen molar-refractivity contribution >= 4 is 29.2 Å². The van der Waals surface area contributed by atoms with Crippen LogP contribution in [0.25, 0.3) is 0 Å². The number of carbonyl (C=O) groups excluding carboxylic acids is 1. The first-order chi connectivity index (χ1) is 9.52. The predicted molar refractivity (Wildman–Crippen MR) is 76.0 cm³/mol. The van der Waals surface area contributed by atoms with E-state index in [0.717, 1.165) is 5.56 Å². The highest BCUT2D eigenvalue weighted by Gasteiger charge is 2.21. The summed E-state index contributed by atoms with van der Waals surface area (Å²) < 4.78 is 6.78. The van der Waals surface area contributed by atoms with Crippen LogP contribution in [-0.2, 0) is 17.9 Å². The van der Waals surface area contributed by atoms with E-state index in [0.29, 0.717) is 28.1 Å². The van der Waals surface area contributed by atoms with Crippen LogP contribution in [-0.4, -0.2) is 20.7 Å². The summed E-state index contributed by atoms with van der Waals surface area (Å²) in [5, 5.41) is 4.82. The maximum absolute atomic E-state index is 12.1. The van der Waals surface area contributed by atoms with Crippen LogP contribution < -0.4 is 0 Å². The van der Waals surface area contributed by atoms with Crippen molar-refractivity contribution in [3.8, 4) is 0 Å². The standard InChI is InChI=1S/C13H13Cl2N3O2/c1-3-18-12(15)11(8(2)17-18)13(19)20-7-9-4-5-16-10(14)6-9/h4-6H,3,7H2,1-2H3. The third-order valence-corrected chi connectivity index (χ3v) is 3.32. The number of halogens is 2. The molecule has 2 rings (SSSR count). The lowest BCUT2D eigenvalue weighted by Crippen LogP contribution is -2.07. The second-order valence-corrected chi connectivity index (χ2v) is 4.88. The molecule has 0 atom stereocenters. The van der Waals surface area contributed by atoms with Crippen molar-refractivity contribution in [3.05, 3.63) is 45.5 Å². The molecule has 0 saturated carbocycles. The van der Waals surface area contributed by atoms with Gasteiger partial charge in [-0.1, -0.05) is 23.2 Å². The lowest BCUT2D eigenvalue weighted by Gasteiger charge is -2.05. The summed E-state index contributed by atoms with van der Waals surface area (Å²) in [7, 11) is 0. The molecule has 0 aromatic carbocycles. The Kier molecular flexibility index (Phi) is 4.62. The fraction of sp³-hybridized carbons (Fsp3) is 0.308. The minimum Gasteiger partial charge on any atom is -0.457 e. The van der Waals surface area contributed by atoms with Gasteiger partial charge in [0.15, 0.2) is 0 Å². The molecule has 0 saturated heterocycles. The maximum atomic E-state index is 12.1. The average Bonchev–Trinajstić information content (AvgIpc) is 2.71. The zero-order valence-electron chi connectivity index (χ0n) is 11.1. The van der Waals surface area contributed by atoms with Crippen LogP contribution >= 0.6 is 23.2 Å². The molecule has 0 radical (unpaired) electrons. The summed E-state index contributed by atoms with van der Waals surface area (Å²) in [4.78, 5) is 15.9. The van der Waals surface area contributed by atoms with Gasteiger partial charge in [-0.05, 0) is 31.5 Å². The van der Waals surface area contributed by atoms with E-state index >= 15 is 0 Å². The van der Waals surface area contributed by atoms with Gasteiger partial charge >= 0.3 is 5.97 Å². The molecular weight excluding hydrogens is 301 g/mol. The van der Waals surface area contributed by atoms with Gasteiger partial charge < -0.3 is 4.74 Å². The molecular formula is C13H13Cl2N3O2. The summed E-state index contributed by atoms with van der Waals surface area (Å²) in [6.45, 7) is 4.31. The van der Waals surface area contributed by atoms with E-state index in [1.165, 1.54) is 0 Å². The van der Waals surface area contributed by atoms with Crippen molar-refractivity contribution in [3.63, 3.8) is 0 Å². The highest BCUT2D eigenvalue weighted by molar-refractivity contribution is 6.32. The maximum Gasteiger partial charge on any atom is 0.343 e. The molecule has 2 aromatic heterocycles. The second-order valence-electron chi connectivity index (χ2n) is 4.13. The Labute approximate surface area is 126 Å². The lowest BCUT2D eigenvalue weighted by atomic mass is 10.2. The van der Waals surface area contributed by atoms with Crippen molar-refractivity contribution in [1.29, 1.82) is 0 Å². The Morgan fingerprint density at radius 3 is 2.80 bits per heavy atom. The molecule has 7 heteroatoms. The fourth-order valence-corrected chi connectivity index (χ4v) is 2.32. The van der Waals surface area contributed by atoms with Crippen LogP contribution in [0, 0.1) is 6.92 Å². The van der Waals surface area contributed by atoms with Crippen molar-refractivity contribution in [1.82, 2.24) is 14.8 Å². The number of rotatable bonds is 4. The highest BCUT2D eigenvalue weighted by atomic mass is 35.5. The van der Waals surface area contributed by atoms with Gasteiger partial charge in [-0.3, -0.25) is 4.68 Å². The quantitative estimate of drug-likeness (QED) is 0.642. The number of carbonyl (C=O) groups is 1. The number of hydrogen-bond donors (Lipinski definition) is 0. The van der Waals surface area contributed by atoms with E-state index in [2.05, 4.69) is 10.1 Å². The predicted octanol–water partition coefficient (Wildman–Crippen LogP) is 3.27. The normalized spacial score (nSPS) is 10.6.